The zero-order chi connectivity index (χ0) is 30.3. The number of nitrogens with zero attached hydrogens (tertiary/aromatic N) is 3. The Labute approximate surface area is 235 Å². The second kappa shape index (κ2) is 13.3. The monoisotopic (exact) mass is 593 g/mol. The van der Waals surface area contributed by atoms with Gasteiger partial charge in [0.15, 0.2) is 11.5 Å². The first-order chi connectivity index (χ1) is 20.0. The van der Waals surface area contributed by atoms with Gasteiger partial charge in [-0.15, -0.1) is 0 Å². The molecule has 1 atom stereocenters. The molecule has 2 aromatic heterocycles. The van der Waals surface area contributed by atoms with E-state index in [2.05, 4.69) is 19.4 Å². The van der Waals surface area contributed by atoms with Crippen molar-refractivity contribution in [3.05, 3.63) is 114 Å². The molecule has 0 aliphatic rings. The standard InChI is InChI=1S/C29H22F7N3O3/c30-27(31)41-23-8-6-20(15-24(23)42-28(32)33)22(14-18-10-12-37-13-11-18)21-7-9-25(38-16-21)39(26(40)29(34,35)36)17-19-4-2-1-3-5-19/h1-13,15-16,22,27-28H,14,17H2. The van der Waals surface area contributed by atoms with Crippen molar-refractivity contribution < 1.29 is 45.0 Å². The number of ether oxygens (including phenoxy) is 2. The third-order valence-electron chi connectivity index (χ3n) is 6.11. The fourth-order valence-corrected chi connectivity index (χ4v) is 4.24. The summed E-state index contributed by atoms with van der Waals surface area (Å²) in [6, 6.07) is 17.7. The SMILES string of the molecule is O=C(N(Cc1ccccc1)c1ccc(C(Cc2ccncc2)c2ccc(OC(F)F)c(OC(F)F)c2)cn1)C(F)(F)F. The van der Waals surface area contributed by atoms with Crippen molar-refractivity contribution in [2.45, 2.75) is 38.3 Å². The average molecular weight is 593 g/mol. The summed E-state index contributed by atoms with van der Waals surface area (Å²) in [4.78, 5) is 20.9. The molecule has 0 aliphatic carbocycles. The van der Waals surface area contributed by atoms with E-state index in [4.69, 9.17) is 0 Å². The number of hydrogen-bond donors (Lipinski definition) is 0. The zero-order valence-electron chi connectivity index (χ0n) is 21.5. The first-order valence-electron chi connectivity index (χ1n) is 12.3. The van der Waals surface area contributed by atoms with Gasteiger partial charge >= 0.3 is 25.3 Å². The first-order valence-corrected chi connectivity index (χ1v) is 12.3. The highest BCUT2D eigenvalue weighted by molar-refractivity contribution is 5.96. The van der Waals surface area contributed by atoms with E-state index in [1.54, 1.807) is 42.5 Å². The van der Waals surface area contributed by atoms with E-state index < -0.39 is 49.3 Å². The summed E-state index contributed by atoms with van der Waals surface area (Å²) in [6.07, 6.45) is -0.601. The molecule has 1 unspecified atom stereocenters. The fraction of sp³-hybridized carbons (Fsp3) is 0.207. The van der Waals surface area contributed by atoms with Crippen molar-refractivity contribution in [2.75, 3.05) is 4.90 Å². The van der Waals surface area contributed by atoms with Crippen molar-refractivity contribution in [3.8, 4) is 11.5 Å². The van der Waals surface area contributed by atoms with Crippen LogP contribution in [0.15, 0.2) is 91.4 Å². The van der Waals surface area contributed by atoms with Crippen LogP contribution in [0.4, 0.5) is 36.6 Å². The number of halogens is 7. The normalized spacial score (nSPS) is 12.3. The zero-order valence-corrected chi connectivity index (χ0v) is 21.5. The van der Waals surface area contributed by atoms with Crippen LogP contribution in [0, 0.1) is 0 Å². The van der Waals surface area contributed by atoms with Crippen LogP contribution in [0.5, 0.6) is 11.5 Å². The van der Waals surface area contributed by atoms with Gasteiger partial charge in [-0.05, 0) is 59.0 Å². The van der Waals surface area contributed by atoms with Crippen molar-refractivity contribution in [1.29, 1.82) is 0 Å². The van der Waals surface area contributed by atoms with Crippen LogP contribution >= 0.6 is 0 Å². The van der Waals surface area contributed by atoms with Crippen molar-refractivity contribution in [2.24, 2.45) is 0 Å². The van der Waals surface area contributed by atoms with E-state index in [9.17, 15) is 35.5 Å². The number of alkyl halides is 7. The van der Waals surface area contributed by atoms with E-state index in [1.807, 2.05) is 0 Å². The van der Waals surface area contributed by atoms with Gasteiger partial charge in [0.05, 0.1) is 6.54 Å². The number of pyridine rings is 2. The summed E-state index contributed by atoms with van der Waals surface area (Å²) in [5, 5.41) is 0. The molecule has 4 rings (SSSR count). The first kappa shape index (κ1) is 30.3. The number of carbonyl (C=O) groups is 1. The van der Waals surface area contributed by atoms with Crippen LogP contribution in [0.3, 0.4) is 0 Å². The van der Waals surface area contributed by atoms with E-state index in [0.717, 1.165) is 17.7 Å². The van der Waals surface area contributed by atoms with Crippen molar-refractivity contribution in [1.82, 2.24) is 9.97 Å². The number of carbonyl (C=O) groups excluding carboxylic acids is 1. The lowest BCUT2D eigenvalue weighted by molar-refractivity contribution is -0.170. The Balaban J connectivity index is 1.73. The predicted molar refractivity (Wildman–Crippen MR) is 137 cm³/mol. The highest BCUT2D eigenvalue weighted by Crippen LogP contribution is 2.37. The van der Waals surface area contributed by atoms with Gasteiger partial charge in [-0.3, -0.25) is 14.7 Å². The van der Waals surface area contributed by atoms with Crippen LogP contribution < -0.4 is 14.4 Å². The minimum Gasteiger partial charge on any atom is -0.431 e. The lowest BCUT2D eigenvalue weighted by atomic mass is 9.86. The molecule has 0 saturated carbocycles. The third kappa shape index (κ3) is 7.95. The Kier molecular flexibility index (Phi) is 9.60. The van der Waals surface area contributed by atoms with Crippen LogP contribution in [0.25, 0.3) is 0 Å². The van der Waals surface area contributed by atoms with Crippen LogP contribution in [0.2, 0.25) is 0 Å². The van der Waals surface area contributed by atoms with Gasteiger partial charge in [0.25, 0.3) is 0 Å². The van der Waals surface area contributed by atoms with Crippen molar-refractivity contribution >= 4 is 11.7 Å². The molecular formula is C29H22F7N3O3. The molecule has 13 heteroatoms. The van der Waals surface area contributed by atoms with Crippen LogP contribution in [0.1, 0.15) is 28.2 Å². The van der Waals surface area contributed by atoms with Crippen LogP contribution in [-0.4, -0.2) is 35.3 Å². The average Bonchev–Trinajstić information content (AvgIpc) is 2.95. The lowest BCUT2D eigenvalue weighted by Gasteiger charge is -2.24. The summed E-state index contributed by atoms with van der Waals surface area (Å²) in [6.45, 7) is -7.02. The molecule has 0 aliphatic heterocycles. The maximum Gasteiger partial charge on any atom is 0.471 e. The minimum atomic E-state index is -5.16. The number of amides is 1. The fourth-order valence-electron chi connectivity index (χ4n) is 4.24. The van der Waals surface area contributed by atoms with Gasteiger partial charge in [-0.2, -0.15) is 30.7 Å². The largest absolute Gasteiger partial charge is 0.471 e. The predicted octanol–water partition coefficient (Wildman–Crippen LogP) is 7.15. The molecule has 1 amide bonds. The molecule has 42 heavy (non-hydrogen) atoms. The van der Waals surface area contributed by atoms with Crippen LogP contribution in [-0.2, 0) is 17.8 Å². The quantitative estimate of drug-likeness (QED) is 0.173. The molecule has 0 saturated heterocycles. The van der Waals surface area contributed by atoms with Gasteiger partial charge in [-0.25, -0.2) is 4.98 Å². The number of benzene rings is 2. The maximum atomic E-state index is 13.5. The lowest BCUT2D eigenvalue weighted by Crippen LogP contribution is -2.41. The number of rotatable bonds is 11. The second-order valence-electron chi connectivity index (χ2n) is 8.90. The third-order valence-corrected chi connectivity index (χ3v) is 6.11. The summed E-state index contributed by atoms with van der Waals surface area (Å²) < 4.78 is 101. The Hall–Kier alpha value is -4.68. The molecule has 2 aromatic carbocycles. The highest BCUT2D eigenvalue weighted by atomic mass is 19.4. The van der Waals surface area contributed by atoms with Gasteiger partial charge < -0.3 is 9.47 Å². The maximum absolute atomic E-state index is 13.5. The van der Waals surface area contributed by atoms with Crippen molar-refractivity contribution in [3.63, 3.8) is 0 Å². The van der Waals surface area contributed by atoms with Gasteiger partial charge in [-0.1, -0.05) is 42.5 Å². The van der Waals surface area contributed by atoms with Gasteiger partial charge in [0.2, 0.25) is 0 Å². The Morgan fingerprint density at radius 2 is 1.43 bits per heavy atom. The smallest absolute Gasteiger partial charge is 0.431 e. The minimum absolute atomic E-state index is 0.238. The molecule has 0 bridgehead atoms. The van der Waals surface area contributed by atoms with E-state index in [-0.39, 0.29) is 12.2 Å². The number of aromatic nitrogens is 2. The molecule has 2 heterocycles. The number of anilines is 1. The van der Waals surface area contributed by atoms with E-state index in [1.165, 1.54) is 36.8 Å². The van der Waals surface area contributed by atoms with E-state index >= 15 is 0 Å². The molecular weight excluding hydrogens is 571 g/mol. The summed E-state index contributed by atoms with van der Waals surface area (Å²) >= 11 is 0. The Morgan fingerprint density at radius 1 is 0.786 bits per heavy atom. The highest BCUT2D eigenvalue weighted by Gasteiger charge is 2.43. The summed E-state index contributed by atoms with van der Waals surface area (Å²) in [7, 11) is 0. The summed E-state index contributed by atoms with van der Waals surface area (Å²) in [5.41, 5.74) is 1.96. The molecule has 220 valence electrons. The topological polar surface area (TPSA) is 64.6 Å². The Bertz CT molecular complexity index is 1460. The molecule has 0 radical (unpaired) electrons. The molecule has 4 aromatic rings. The molecule has 0 spiro atoms. The van der Waals surface area contributed by atoms with E-state index in [0.29, 0.717) is 21.6 Å². The molecule has 6 nitrogen and oxygen atoms in total. The Morgan fingerprint density at radius 3 is 2.02 bits per heavy atom. The van der Waals surface area contributed by atoms with Gasteiger partial charge in [0.1, 0.15) is 5.82 Å². The molecule has 0 fully saturated rings. The van der Waals surface area contributed by atoms with Gasteiger partial charge in [0, 0.05) is 24.5 Å². The molecule has 0 N–H and O–H groups in total. The number of hydrogen-bond acceptors (Lipinski definition) is 5. The second-order valence-corrected chi connectivity index (χ2v) is 8.90. The summed E-state index contributed by atoms with van der Waals surface area (Å²) in [5.74, 6) is -4.27.